The van der Waals surface area contributed by atoms with Gasteiger partial charge in [-0.2, -0.15) is 5.10 Å². The predicted octanol–water partition coefficient (Wildman–Crippen LogP) is 2.88. The maximum absolute atomic E-state index is 13.3. The van der Waals surface area contributed by atoms with Gasteiger partial charge in [0.05, 0.1) is 17.9 Å². The SMILES string of the molecule is Cc1nc(-c2cnn(C)c2)sc1C(=O)N1CCNCC1c1cccnc1.Cl.Cl. The zero-order valence-electron chi connectivity index (χ0n) is 15.5. The van der Waals surface area contributed by atoms with Crippen LogP contribution in [0.4, 0.5) is 0 Å². The molecular weight excluding hydrogens is 419 g/mol. The van der Waals surface area contributed by atoms with Crippen molar-refractivity contribution in [2.45, 2.75) is 13.0 Å². The highest BCUT2D eigenvalue weighted by atomic mass is 35.5. The van der Waals surface area contributed by atoms with E-state index in [-0.39, 0.29) is 36.8 Å². The van der Waals surface area contributed by atoms with Crippen LogP contribution in [0.25, 0.3) is 10.6 Å². The Morgan fingerprint density at radius 1 is 1.32 bits per heavy atom. The van der Waals surface area contributed by atoms with Gasteiger partial charge in [-0.25, -0.2) is 4.98 Å². The lowest BCUT2D eigenvalue weighted by Crippen LogP contribution is -2.48. The van der Waals surface area contributed by atoms with E-state index >= 15 is 0 Å². The third-order valence-electron chi connectivity index (χ3n) is 4.52. The zero-order valence-corrected chi connectivity index (χ0v) is 18.0. The summed E-state index contributed by atoms with van der Waals surface area (Å²) < 4.78 is 1.74. The fraction of sp³-hybridized carbons (Fsp3) is 0.333. The number of hydrogen-bond donors (Lipinski definition) is 1. The number of amides is 1. The van der Waals surface area contributed by atoms with Crippen LogP contribution in [-0.4, -0.2) is 50.2 Å². The number of carbonyl (C=O) groups excluding carboxylic acids is 1. The van der Waals surface area contributed by atoms with E-state index in [2.05, 4.69) is 20.4 Å². The molecule has 0 aromatic carbocycles. The van der Waals surface area contributed by atoms with Crippen molar-refractivity contribution in [3.05, 3.63) is 53.1 Å². The Morgan fingerprint density at radius 3 is 2.82 bits per heavy atom. The third kappa shape index (κ3) is 4.35. The monoisotopic (exact) mass is 440 g/mol. The minimum absolute atomic E-state index is 0. The molecule has 150 valence electrons. The summed E-state index contributed by atoms with van der Waals surface area (Å²) in [6.07, 6.45) is 7.27. The Balaban J connectivity index is 0.00000140. The van der Waals surface area contributed by atoms with Gasteiger partial charge in [0.2, 0.25) is 0 Å². The summed E-state index contributed by atoms with van der Waals surface area (Å²) in [5.74, 6) is 0.0329. The Hall–Kier alpha value is -2.00. The number of nitrogens with zero attached hydrogens (tertiary/aromatic N) is 5. The summed E-state index contributed by atoms with van der Waals surface area (Å²) in [6.45, 7) is 4.07. The first kappa shape index (κ1) is 22.3. The van der Waals surface area contributed by atoms with E-state index in [4.69, 9.17) is 0 Å². The van der Waals surface area contributed by atoms with Crippen molar-refractivity contribution >= 4 is 42.1 Å². The number of rotatable bonds is 3. The molecule has 3 aromatic rings. The molecule has 1 amide bonds. The van der Waals surface area contributed by atoms with Crippen LogP contribution in [0.2, 0.25) is 0 Å². The molecule has 4 heterocycles. The topological polar surface area (TPSA) is 75.9 Å². The summed E-state index contributed by atoms with van der Waals surface area (Å²) in [5.41, 5.74) is 2.74. The van der Waals surface area contributed by atoms with Gasteiger partial charge in [0.25, 0.3) is 5.91 Å². The molecule has 1 N–H and O–H groups in total. The molecule has 28 heavy (non-hydrogen) atoms. The fourth-order valence-corrected chi connectivity index (χ4v) is 4.20. The molecule has 0 radical (unpaired) electrons. The summed E-state index contributed by atoms with van der Waals surface area (Å²) in [6, 6.07) is 3.91. The lowest BCUT2D eigenvalue weighted by Gasteiger charge is -2.36. The molecule has 1 aliphatic rings. The second-order valence-corrected chi connectivity index (χ2v) is 7.34. The van der Waals surface area contributed by atoms with Gasteiger partial charge in [-0.3, -0.25) is 14.5 Å². The largest absolute Gasteiger partial charge is 0.328 e. The smallest absolute Gasteiger partial charge is 0.266 e. The quantitative estimate of drug-likeness (QED) is 0.677. The van der Waals surface area contributed by atoms with Gasteiger partial charge >= 0.3 is 0 Å². The molecule has 10 heteroatoms. The first-order valence-corrected chi connectivity index (χ1v) is 9.33. The number of hydrogen-bond acceptors (Lipinski definition) is 6. The molecule has 0 aliphatic carbocycles. The summed E-state index contributed by atoms with van der Waals surface area (Å²) >= 11 is 1.43. The lowest BCUT2D eigenvalue weighted by atomic mass is 10.0. The van der Waals surface area contributed by atoms with Crippen LogP contribution in [0.15, 0.2) is 36.9 Å². The van der Waals surface area contributed by atoms with Gasteiger partial charge < -0.3 is 10.2 Å². The average molecular weight is 441 g/mol. The highest BCUT2D eigenvalue weighted by Crippen LogP contribution is 2.31. The molecule has 0 spiro atoms. The van der Waals surface area contributed by atoms with Crippen molar-refractivity contribution in [1.82, 2.24) is 30.0 Å². The highest BCUT2D eigenvalue weighted by Gasteiger charge is 2.31. The van der Waals surface area contributed by atoms with E-state index in [0.717, 1.165) is 34.9 Å². The van der Waals surface area contributed by atoms with Crippen LogP contribution in [0.1, 0.15) is 27.0 Å². The minimum Gasteiger partial charge on any atom is -0.328 e. The number of piperazine rings is 1. The Bertz CT molecular complexity index is 929. The average Bonchev–Trinajstić information content (AvgIpc) is 3.27. The molecule has 1 aliphatic heterocycles. The van der Waals surface area contributed by atoms with E-state index in [1.54, 1.807) is 17.1 Å². The molecule has 1 unspecified atom stereocenters. The zero-order chi connectivity index (χ0) is 18.1. The molecule has 1 atom stereocenters. The van der Waals surface area contributed by atoms with E-state index in [9.17, 15) is 4.79 Å². The first-order valence-electron chi connectivity index (χ1n) is 8.51. The van der Waals surface area contributed by atoms with E-state index in [1.807, 2.05) is 43.4 Å². The summed E-state index contributed by atoms with van der Waals surface area (Å²) in [5, 5.41) is 8.39. The Kier molecular flexibility index (Phi) is 7.54. The molecule has 7 nitrogen and oxygen atoms in total. The van der Waals surface area contributed by atoms with E-state index < -0.39 is 0 Å². The van der Waals surface area contributed by atoms with Crippen LogP contribution >= 0.6 is 36.2 Å². The molecular formula is C18H22Cl2N6OS. The van der Waals surface area contributed by atoms with Crippen LogP contribution in [0.3, 0.4) is 0 Å². The van der Waals surface area contributed by atoms with Crippen LogP contribution in [0.5, 0.6) is 0 Å². The van der Waals surface area contributed by atoms with Gasteiger partial charge in [0.1, 0.15) is 9.88 Å². The van der Waals surface area contributed by atoms with Crippen LogP contribution in [0, 0.1) is 6.92 Å². The number of thiazole rings is 1. The maximum atomic E-state index is 13.3. The number of halogens is 2. The van der Waals surface area contributed by atoms with Crippen LogP contribution in [-0.2, 0) is 7.05 Å². The third-order valence-corrected chi connectivity index (χ3v) is 5.71. The number of pyridine rings is 1. The van der Waals surface area contributed by atoms with E-state index in [1.165, 1.54) is 11.3 Å². The van der Waals surface area contributed by atoms with Crippen molar-refractivity contribution in [2.75, 3.05) is 19.6 Å². The second-order valence-electron chi connectivity index (χ2n) is 6.34. The van der Waals surface area contributed by atoms with Gasteiger partial charge in [0, 0.05) is 50.8 Å². The summed E-state index contributed by atoms with van der Waals surface area (Å²) in [7, 11) is 1.87. The highest BCUT2D eigenvalue weighted by molar-refractivity contribution is 7.17. The van der Waals surface area contributed by atoms with Gasteiger partial charge in [-0.05, 0) is 18.6 Å². The second kappa shape index (κ2) is 9.47. The van der Waals surface area contributed by atoms with Crippen molar-refractivity contribution in [2.24, 2.45) is 7.05 Å². The standard InChI is InChI=1S/C18H20N6OS.2ClH/c1-12-16(26-17(22-12)14-9-21-23(2)11-14)18(25)24-7-6-20-10-15(24)13-4-3-5-19-8-13;;/h3-5,8-9,11,15,20H,6-7,10H2,1-2H3;2*1H. The molecule has 0 saturated carbocycles. The van der Waals surface area contributed by atoms with Crippen molar-refractivity contribution in [1.29, 1.82) is 0 Å². The van der Waals surface area contributed by atoms with Gasteiger partial charge in [-0.15, -0.1) is 36.2 Å². The Morgan fingerprint density at radius 2 is 2.14 bits per heavy atom. The van der Waals surface area contributed by atoms with E-state index in [0.29, 0.717) is 11.4 Å². The first-order chi connectivity index (χ1) is 12.6. The fourth-order valence-electron chi connectivity index (χ4n) is 3.20. The number of nitrogens with one attached hydrogen (secondary N) is 1. The molecule has 0 bridgehead atoms. The van der Waals surface area contributed by atoms with Crippen molar-refractivity contribution < 1.29 is 4.79 Å². The van der Waals surface area contributed by atoms with Crippen molar-refractivity contribution in [3.63, 3.8) is 0 Å². The minimum atomic E-state index is -0.0201. The maximum Gasteiger partial charge on any atom is 0.266 e. The number of carbonyl (C=O) groups is 1. The molecule has 3 aromatic heterocycles. The van der Waals surface area contributed by atoms with Gasteiger partial charge in [-0.1, -0.05) is 6.07 Å². The Labute approximate surface area is 180 Å². The molecule has 1 saturated heterocycles. The summed E-state index contributed by atoms with van der Waals surface area (Å²) in [4.78, 5) is 24.7. The molecule has 1 fully saturated rings. The molecule has 4 rings (SSSR count). The predicted molar refractivity (Wildman–Crippen MR) is 114 cm³/mol. The van der Waals surface area contributed by atoms with Gasteiger partial charge in [0.15, 0.2) is 0 Å². The van der Waals surface area contributed by atoms with Crippen LogP contribution < -0.4 is 5.32 Å². The normalized spacial score (nSPS) is 16.2. The number of aryl methyl sites for hydroxylation is 2. The lowest BCUT2D eigenvalue weighted by molar-refractivity contribution is 0.0638. The van der Waals surface area contributed by atoms with Crippen molar-refractivity contribution in [3.8, 4) is 10.6 Å². The number of aromatic nitrogens is 4.